The summed E-state index contributed by atoms with van der Waals surface area (Å²) in [6, 6.07) is 14.8. The molecule has 0 aliphatic carbocycles. The Bertz CT molecular complexity index is 626. The van der Waals surface area contributed by atoms with E-state index in [1.165, 1.54) is 0 Å². The maximum absolute atomic E-state index is 11.7. The summed E-state index contributed by atoms with van der Waals surface area (Å²) >= 11 is 9.16. The van der Waals surface area contributed by atoms with Crippen LogP contribution in [0.15, 0.2) is 58.1 Å². The van der Waals surface area contributed by atoms with Gasteiger partial charge in [0.15, 0.2) is 0 Å². The molecule has 20 heavy (non-hydrogen) atoms. The van der Waals surface area contributed by atoms with Crippen molar-refractivity contribution in [2.45, 2.75) is 6.42 Å². The molecule has 3 nitrogen and oxygen atoms in total. The zero-order chi connectivity index (χ0) is 14.4. The summed E-state index contributed by atoms with van der Waals surface area (Å²) in [5.41, 5.74) is 4.30. The van der Waals surface area contributed by atoms with Crippen molar-refractivity contribution < 1.29 is 4.79 Å². The minimum absolute atomic E-state index is 0.168. The molecule has 0 saturated carbocycles. The van der Waals surface area contributed by atoms with Crippen LogP contribution < -0.4 is 5.43 Å². The quantitative estimate of drug-likeness (QED) is 0.661. The average molecular weight is 352 g/mol. The SMILES string of the molecule is O=C(Cc1ccc(Cl)cc1)NN=Cc1cccc(Br)c1. The van der Waals surface area contributed by atoms with Crippen molar-refractivity contribution >= 4 is 39.7 Å². The van der Waals surface area contributed by atoms with Crippen molar-refractivity contribution in [1.82, 2.24) is 5.43 Å². The van der Waals surface area contributed by atoms with Gasteiger partial charge in [0.2, 0.25) is 5.91 Å². The van der Waals surface area contributed by atoms with E-state index in [0.29, 0.717) is 5.02 Å². The van der Waals surface area contributed by atoms with E-state index in [4.69, 9.17) is 11.6 Å². The first kappa shape index (κ1) is 14.8. The number of nitrogens with zero attached hydrogens (tertiary/aromatic N) is 1. The summed E-state index contributed by atoms with van der Waals surface area (Å²) in [6.45, 7) is 0. The highest BCUT2D eigenvalue weighted by Crippen LogP contribution is 2.10. The molecule has 102 valence electrons. The number of carbonyl (C=O) groups is 1. The zero-order valence-electron chi connectivity index (χ0n) is 10.5. The van der Waals surface area contributed by atoms with Crippen molar-refractivity contribution in [2.24, 2.45) is 5.10 Å². The monoisotopic (exact) mass is 350 g/mol. The van der Waals surface area contributed by atoms with Crippen LogP contribution in [0.25, 0.3) is 0 Å². The summed E-state index contributed by atoms with van der Waals surface area (Å²) in [7, 11) is 0. The van der Waals surface area contributed by atoms with Crippen LogP contribution in [0.5, 0.6) is 0 Å². The molecule has 0 heterocycles. The molecule has 0 unspecified atom stereocenters. The van der Waals surface area contributed by atoms with Gasteiger partial charge in [-0.05, 0) is 35.4 Å². The van der Waals surface area contributed by atoms with Crippen LogP contribution >= 0.6 is 27.5 Å². The first-order chi connectivity index (χ1) is 9.63. The second-order valence-corrected chi connectivity index (χ2v) is 5.50. The Morgan fingerprint density at radius 3 is 2.70 bits per heavy atom. The summed E-state index contributed by atoms with van der Waals surface area (Å²) in [5.74, 6) is -0.168. The van der Waals surface area contributed by atoms with Gasteiger partial charge in [-0.2, -0.15) is 5.10 Å². The predicted molar refractivity (Wildman–Crippen MR) is 85.0 cm³/mol. The zero-order valence-corrected chi connectivity index (χ0v) is 12.9. The van der Waals surface area contributed by atoms with Gasteiger partial charge in [0, 0.05) is 9.50 Å². The largest absolute Gasteiger partial charge is 0.273 e. The van der Waals surface area contributed by atoms with Crippen LogP contribution in [-0.2, 0) is 11.2 Å². The molecule has 0 aliphatic heterocycles. The van der Waals surface area contributed by atoms with Crippen LogP contribution in [0.3, 0.4) is 0 Å². The van der Waals surface area contributed by atoms with E-state index < -0.39 is 0 Å². The Hall–Kier alpha value is -1.65. The number of rotatable bonds is 4. The van der Waals surface area contributed by atoms with E-state index in [1.807, 2.05) is 36.4 Å². The normalized spacial score (nSPS) is 10.7. The predicted octanol–water partition coefficient (Wildman–Crippen LogP) is 3.80. The highest BCUT2D eigenvalue weighted by molar-refractivity contribution is 9.10. The van der Waals surface area contributed by atoms with Gasteiger partial charge in [0.25, 0.3) is 0 Å². The molecule has 0 radical (unpaired) electrons. The van der Waals surface area contributed by atoms with Crippen LogP contribution in [0, 0.1) is 0 Å². The molecule has 2 aromatic carbocycles. The first-order valence-electron chi connectivity index (χ1n) is 5.95. The minimum Gasteiger partial charge on any atom is -0.273 e. The number of halogens is 2. The average Bonchev–Trinajstić information content (AvgIpc) is 2.41. The van der Waals surface area contributed by atoms with Crippen molar-refractivity contribution in [2.75, 3.05) is 0 Å². The molecule has 0 fully saturated rings. The van der Waals surface area contributed by atoms with E-state index in [0.717, 1.165) is 15.6 Å². The number of hydrogen-bond acceptors (Lipinski definition) is 2. The summed E-state index contributed by atoms with van der Waals surface area (Å²) in [6.07, 6.45) is 1.87. The summed E-state index contributed by atoms with van der Waals surface area (Å²) < 4.78 is 0.967. The molecule has 0 atom stereocenters. The highest BCUT2D eigenvalue weighted by Gasteiger charge is 2.01. The molecular formula is C15H12BrClN2O. The van der Waals surface area contributed by atoms with Gasteiger partial charge >= 0.3 is 0 Å². The lowest BCUT2D eigenvalue weighted by molar-refractivity contribution is -0.120. The number of hydrogen-bond donors (Lipinski definition) is 1. The highest BCUT2D eigenvalue weighted by atomic mass is 79.9. The topological polar surface area (TPSA) is 41.5 Å². The third-order valence-electron chi connectivity index (χ3n) is 2.53. The number of hydrazone groups is 1. The number of benzene rings is 2. The fourth-order valence-corrected chi connectivity index (χ4v) is 2.14. The van der Waals surface area contributed by atoms with Gasteiger partial charge in [0.05, 0.1) is 12.6 Å². The van der Waals surface area contributed by atoms with Crippen molar-refractivity contribution in [1.29, 1.82) is 0 Å². The van der Waals surface area contributed by atoms with E-state index in [2.05, 4.69) is 26.5 Å². The van der Waals surface area contributed by atoms with Crippen molar-refractivity contribution in [3.8, 4) is 0 Å². The Labute approximate surface area is 130 Å². The molecular weight excluding hydrogens is 340 g/mol. The molecule has 0 spiro atoms. The maximum Gasteiger partial charge on any atom is 0.244 e. The molecule has 0 saturated heterocycles. The maximum atomic E-state index is 11.7. The molecule has 2 aromatic rings. The number of amides is 1. The smallest absolute Gasteiger partial charge is 0.244 e. The van der Waals surface area contributed by atoms with Crippen molar-refractivity contribution in [3.05, 3.63) is 69.2 Å². The van der Waals surface area contributed by atoms with E-state index >= 15 is 0 Å². The van der Waals surface area contributed by atoms with Gasteiger partial charge in [-0.15, -0.1) is 0 Å². The van der Waals surface area contributed by atoms with Gasteiger partial charge in [-0.25, -0.2) is 5.43 Å². The van der Waals surface area contributed by atoms with Crippen LogP contribution in [0.1, 0.15) is 11.1 Å². The lowest BCUT2D eigenvalue weighted by atomic mass is 10.1. The van der Waals surface area contributed by atoms with Gasteiger partial charge in [0.1, 0.15) is 0 Å². The summed E-state index contributed by atoms with van der Waals surface area (Å²) in [4.78, 5) is 11.7. The third kappa shape index (κ3) is 4.79. The Kier molecular flexibility index (Phi) is 5.32. The van der Waals surface area contributed by atoms with Crippen LogP contribution in [0.4, 0.5) is 0 Å². The lowest BCUT2D eigenvalue weighted by Gasteiger charge is -2.00. The minimum atomic E-state index is -0.168. The Balaban J connectivity index is 1.87. The van der Waals surface area contributed by atoms with Crippen LogP contribution in [-0.4, -0.2) is 12.1 Å². The molecule has 0 aliphatic rings. The van der Waals surface area contributed by atoms with E-state index in [-0.39, 0.29) is 12.3 Å². The fourth-order valence-electron chi connectivity index (χ4n) is 1.59. The summed E-state index contributed by atoms with van der Waals surface area (Å²) in [5, 5.41) is 4.58. The molecule has 0 bridgehead atoms. The second kappa shape index (κ2) is 7.22. The molecule has 1 N–H and O–H groups in total. The van der Waals surface area contributed by atoms with Gasteiger partial charge in [-0.1, -0.05) is 51.8 Å². The van der Waals surface area contributed by atoms with E-state index in [9.17, 15) is 4.79 Å². The molecule has 2 rings (SSSR count). The standard InChI is InChI=1S/C15H12BrClN2O/c16-13-3-1-2-12(8-13)10-18-19-15(20)9-11-4-6-14(17)7-5-11/h1-8,10H,9H2,(H,19,20). The Morgan fingerprint density at radius 1 is 1.25 bits per heavy atom. The number of carbonyl (C=O) groups excluding carboxylic acids is 1. The number of nitrogens with one attached hydrogen (secondary N) is 1. The molecule has 1 amide bonds. The van der Waals surface area contributed by atoms with E-state index in [1.54, 1.807) is 18.3 Å². The fraction of sp³-hybridized carbons (Fsp3) is 0.0667. The molecule has 5 heteroatoms. The van der Waals surface area contributed by atoms with Gasteiger partial charge in [-0.3, -0.25) is 4.79 Å². The van der Waals surface area contributed by atoms with Crippen molar-refractivity contribution in [3.63, 3.8) is 0 Å². The first-order valence-corrected chi connectivity index (χ1v) is 7.12. The molecule has 0 aromatic heterocycles. The third-order valence-corrected chi connectivity index (χ3v) is 3.27. The Morgan fingerprint density at radius 2 is 2.00 bits per heavy atom. The van der Waals surface area contributed by atoms with Gasteiger partial charge < -0.3 is 0 Å². The van der Waals surface area contributed by atoms with Crippen LogP contribution in [0.2, 0.25) is 5.02 Å². The lowest BCUT2D eigenvalue weighted by Crippen LogP contribution is -2.19. The second-order valence-electron chi connectivity index (χ2n) is 4.15.